The number of carbonyl (C=O) groups excluding carboxylic acids is 6. The Bertz CT molecular complexity index is 1270. The lowest BCUT2D eigenvalue weighted by molar-refractivity contribution is -0.169. The number of nitrogens with one attached hydrogen (secondary N) is 5. The Morgan fingerprint density at radius 1 is 0.771 bits per heavy atom. The Hall–Kier alpha value is -4.22. The first-order valence-corrected chi connectivity index (χ1v) is 15.3. The predicted octanol–water partition coefficient (Wildman–Crippen LogP) is -1.51. The fourth-order valence-electron chi connectivity index (χ4n) is 4.32. The summed E-state index contributed by atoms with van der Waals surface area (Å²) in [5.74, 6) is -12.1. The summed E-state index contributed by atoms with van der Waals surface area (Å²) < 4.78 is 36.0. The summed E-state index contributed by atoms with van der Waals surface area (Å²) in [5, 5.41) is 31.1. The van der Waals surface area contributed by atoms with Gasteiger partial charge in [-0.3, -0.25) is 24.0 Å². The molecule has 0 aliphatic rings. The molecule has 48 heavy (non-hydrogen) atoms. The smallest absolute Gasteiger partial charge is 0.351 e. The molecule has 270 valence electrons. The number of hydrogen-bond acceptors (Lipinski definition) is 10. The molecule has 0 radical (unpaired) electrons. The lowest BCUT2D eigenvalue weighted by Crippen LogP contribution is -2.63. The highest BCUT2D eigenvalue weighted by Gasteiger charge is 2.51. The number of methoxy groups -OCH3 is 1. The zero-order valence-electron chi connectivity index (χ0n) is 28.1. The first-order valence-electron chi connectivity index (χ1n) is 15.3. The van der Waals surface area contributed by atoms with Crippen molar-refractivity contribution in [1.82, 2.24) is 26.6 Å². The van der Waals surface area contributed by atoms with E-state index in [1.165, 1.54) is 27.7 Å². The van der Waals surface area contributed by atoms with Gasteiger partial charge in [-0.2, -0.15) is 8.78 Å². The molecule has 0 heterocycles. The number of carbonyl (C=O) groups is 6. The number of esters is 1. The van der Waals surface area contributed by atoms with Crippen LogP contribution in [0.5, 0.6) is 0 Å². The Morgan fingerprint density at radius 3 is 1.75 bits per heavy atom. The van der Waals surface area contributed by atoms with Crippen molar-refractivity contribution in [2.75, 3.05) is 13.7 Å². The summed E-state index contributed by atoms with van der Waals surface area (Å²) in [6.45, 7) is 8.03. The second-order valence-corrected chi connectivity index (χ2v) is 12.1. The first-order chi connectivity index (χ1) is 22.3. The van der Waals surface area contributed by atoms with Crippen molar-refractivity contribution in [1.29, 1.82) is 0 Å². The summed E-state index contributed by atoms with van der Waals surface area (Å²) in [4.78, 5) is 75.6. The molecule has 17 heteroatoms. The Kier molecular flexibility index (Phi) is 16.5. The summed E-state index contributed by atoms with van der Waals surface area (Å²) in [6.07, 6.45) is -3.19. The van der Waals surface area contributed by atoms with Gasteiger partial charge in [0.05, 0.1) is 19.8 Å². The zero-order valence-corrected chi connectivity index (χ0v) is 28.1. The fourth-order valence-corrected chi connectivity index (χ4v) is 4.32. The van der Waals surface area contributed by atoms with Crippen molar-refractivity contribution in [3.8, 4) is 0 Å². The second-order valence-electron chi connectivity index (χ2n) is 12.1. The minimum absolute atomic E-state index is 0.369. The van der Waals surface area contributed by atoms with Crippen LogP contribution in [0.3, 0.4) is 0 Å². The normalized spacial score (nSPS) is 16.0. The van der Waals surface area contributed by atoms with E-state index < -0.39 is 102 Å². The van der Waals surface area contributed by atoms with Crippen molar-refractivity contribution in [2.24, 2.45) is 17.6 Å². The van der Waals surface area contributed by atoms with E-state index in [-0.39, 0.29) is 6.42 Å². The summed E-state index contributed by atoms with van der Waals surface area (Å²) in [7, 11) is 1.12. The van der Waals surface area contributed by atoms with Gasteiger partial charge < -0.3 is 47.3 Å². The third-order valence-corrected chi connectivity index (χ3v) is 7.37. The Morgan fingerprint density at radius 2 is 1.27 bits per heavy atom. The monoisotopic (exact) mass is 686 g/mol. The van der Waals surface area contributed by atoms with Gasteiger partial charge in [-0.05, 0) is 37.7 Å². The van der Waals surface area contributed by atoms with E-state index in [0.717, 1.165) is 7.11 Å². The molecule has 0 aromatic heterocycles. The van der Waals surface area contributed by atoms with Crippen LogP contribution < -0.4 is 32.3 Å². The van der Waals surface area contributed by atoms with E-state index in [1.54, 1.807) is 44.2 Å². The van der Waals surface area contributed by atoms with Crippen molar-refractivity contribution >= 4 is 35.5 Å². The van der Waals surface area contributed by atoms with E-state index >= 15 is 8.78 Å². The van der Waals surface area contributed by atoms with Crippen LogP contribution in [0.4, 0.5) is 8.78 Å². The molecule has 0 aliphatic carbocycles. The van der Waals surface area contributed by atoms with E-state index in [9.17, 15) is 33.9 Å². The van der Waals surface area contributed by atoms with Gasteiger partial charge in [-0.1, -0.05) is 58.0 Å². The largest absolute Gasteiger partial charge is 0.467 e. The maximum Gasteiger partial charge on any atom is 0.351 e. The molecule has 7 atom stereocenters. The molecule has 5 amide bonds. The van der Waals surface area contributed by atoms with Gasteiger partial charge in [-0.25, -0.2) is 4.79 Å². The molecule has 0 saturated heterocycles. The minimum Gasteiger partial charge on any atom is -0.467 e. The number of rotatable bonds is 18. The third kappa shape index (κ3) is 12.1. The molecule has 0 aliphatic heterocycles. The highest BCUT2D eigenvalue weighted by Crippen LogP contribution is 2.25. The standard InChI is InChI=1S/C31H48F2N6O9/c1-15(2)22(28(45)38-23(16(3)4)29(46)48-7)39-30(47)31(32,33)24(41)21(13-19-11-9-8-10-12-19)37-26(43)18(6)35-25(42)17(5)36-27(44)20(34)14-40/h8-12,15-18,20-24,40-41H,13-14,34H2,1-7H3,(H,35,42)(H,36,44)(H,37,43)(H,38,45)(H,39,47)/t17-,18-,20-,21?,22-,23-,24?/m0/s1. The molecule has 0 bridgehead atoms. The van der Waals surface area contributed by atoms with Gasteiger partial charge >= 0.3 is 11.9 Å². The highest BCUT2D eigenvalue weighted by atomic mass is 19.3. The molecule has 0 spiro atoms. The van der Waals surface area contributed by atoms with Gasteiger partial charge in [0.2, 0.25) is 23.6 Å². The predicted molar refractivity (Wildman–Crippen MR) is 169 cm³/mol. The van der Waals surface area contributed by atoms with E-state index in [0.29, 0.717) is 5.56 Å². The Labute approximate surface area is 278 Å². The summed E-state index contributed by atoms with van der Waals surface area (Å²) >= 11 is 0. The lowest BCUT2D eigenvalue weighted by Gasteiger charge is -2.32. The second kappa shape index (κ2) is 18.9. The average Bonchev–Trinajstić information content (AvgIpc) is 3.04. The number of hydrogen-bond donors (Lipinski definition) is 8. The lowest BCUT2D eigenvalue weighted by atomic mass is 9.95. The fraction of sp³-hybridized carbons (Fsp3) is 0.613. The van der Waals surface area contributed by atoms with E-state index in [1.807, 2.05) is 5.32 Å². The average molecular weight is 687 g/mol. The molecule has 15 nitrogen and oxygen atoms in total. The van der Waals surface area contributed by atoms with Crippen LogP contribution in [-0.2, 0) is 39.9 Å². The van der Waals surface area contributed by atoms with Crippen molar-refractivity contribution in [3.05, 3.63) is 35.9 Å². The van der Waals surface area contributed by atoms with E-state index in [2.05, 4.69) is 26.0 Å². The van der Waals surface area contributed by atoms with Crippen LogP contribution in [0, 0.1) is 11.8 Å². The number of amides is 5. The molecule has 0 fully saturated rings. The number of ether oxygens (including phenoxy) is 1. The Balaban J connectivity index is 3.20. The van der Waals surface area contributed by atoms with Crippen molar-refractivity contribution in [3.63, 3.8) is 0 Å². The number of halogens is 2. The number of nitrogens with two attached hydrogens (primary N) is 1. The van der Waals surface area contributed by atoms with Gasteiger partial charge in [0, 0.05) is 0 Å². The summed E-state index contributed by atoms with van der Waals surface area (Å²) in [5.41, 5.74) is 5.82. The first kappa shape index (κ1) is 41.8. The van der Waals surface area contributed by atoms with Crippen molar-refractivity contribution in [2.45, 2.75) is 96.2 Å². The molecule has 1 rings (SSSR count). The topological polar surface area (TPSA) is 238 Å². The third-order valence-electron chi connectivity index (χ3n) is 7.37. The number of aliphatic hydroxyl groups is 2. The van der Waals surface area contributed by atoms with Gasteiger partial charge in [0.15, 0.2) is 0 Å². The van der Waals surface area contributed by atoms with Gasteiger partial charge in [0.1, 0.15) is 36.3 Å². The van der Waals surface area contributed by atoms with E-state index in [4.69, 9.17) is 10.8 Å². The zero-order chi connectivity index (χ0) is 36.9. The molecule has 1 aromatic carbocycles. The van der Waals surface area contributed by atoms with Crippen molar-refractivity contribution < 1.29 is 52.5 Å². The number of alkyl halides is 2. The molecule has 2 unspecified atom stereocenters. The maximum absolute atomic E-state index is 15.7. The van der Waals surface area contributed by atoms with Crippen LogP contribution in [-0.4, -0.2) is 108 Å². The van der Waals surface area contributed by atoms with Crippen LogP contribution in [0.15, 0.2) is 30.3 Å². The highest BCUT2D eigenvalue weighted by molar-refractivity contribution is 5.94. The van der Waals surface area contributed by atoms with Crippen LogP contribution in [0.1, 0.15) is 47.1 Å². The minimum atomic E-state index is -4.56. The van der Waals surface area contributed by atoms with Crippen LogP contribution in [0.2, 0.25) is 0 Å². The molecule has 1 aromatic rings. The van der Waals surface area contributed by atoms with Crippen LogP contribution in [0.25, 0.3) is 0 Å². The van der Waals surface area contributed by atoms with Gasteiger partial charge in [0.25, 0.3) is 5.91 Å². The molecule has 0 saturated carbocycles. The SMILES string of the molecule is COC(=O)[C@@H](NC(=O)[C@@H](NC(=O)C(F)(F)C(O)C(Cc1ccccc1)NC(=O)[C@H](C)NC(=O)[C@H](C)NC(=O)[C@@H](N)CO)C(C)C)C(C)C. The molecular weight excluding hydrogens is 638 g/mol. The summed E-state index contributed by atoms with van der Waals surface area (Å²) in [6, 6.07) is -0.378. The quantitative estimate of drug-likeness (QED) is 0.0832. The van der Waals surface area contributed by atoms with Crippen LogP contribution >= 0.6 is 0 Å². The molecule has 9 N–H and O–H groups in total. The maximum atomic E-state index is 15.7. The number of benzene rings is 1. The molecular formula is C31H48F2N6O9. The number of aliphatic hydroxyl groups excluding tert-OH is 2. The van der Waals surface area contributed by atoms with Gasteiger partial charge in [-0.15, -0.1) is 0 Å².